The first kappa shape index (κ1) is 15.5. The van der Waals surface area contributed by atoms with Crippen molar-refractivity contribution in [1.29, 1.82) is 0 Å². The summed E-state index contributed by atoms with van der Waals surface area (Å²) < 4.78 is 6.00. The molecule has 1 aliphatic heterocycles. The highest BCUT2D eigenvalue weighted by molar-refractivity contribution is 8.01. The van der Waals surface area contributed by atoms with Gasteiger partial charge >= 0.3 is 0 Å². The van der Waals surface area contributed by atoms with E-state index in [0.29, 0.717) is 18.2 Å². The molecule has 0 spiro atoms. The molecule has 0 N–H and O–H groups in total. The van der Waals surface area contributed by atoms with Crippen molar-refractivity contribution in [2.45, 2.75) is 36.9 Å². The molecule has 3 heterocycles. The zero-order valence-electron chi connectivity index (χ0n) is 12.6. The molecule has 0 bridgehead atoms. The fourth-order valence-electron chi connectivity index (χ4n) is 2.51. The van der Waals surface area contributed by atoms with E-state index in [0.717, 1.165) is 35.2 Å². The van der Waals surface area contributed by atoms with E-state index in [1.54, 1.807) is 18.3 Å². The summed E-state index contributed by atoms with van der Waals surface area (Å²) >= 11 is 3.10. The number of carbonyl (C=O) groups is 1. The first-order valence-electron chi connectivity index (χ1n) is 7.24. The van der Waals surface area contributed by atoms with E-state index >= 15 is 0 Å². The van der Waals surface area contributed by atoms with Crippen LogP contribution in [0.5, 0.6) is 0 Å². The highest BCUT2D eigenvalue weighted by Crippen LogP contribution is 2.27. The minimum absolute atomic E-state index is 0.155. The highest BCUT2D eigenvalue weighted by atomic mass is 32.2. The third kappa shape index (κ3) is 3.67. The number of rotatable bonds is 4. The zero-order valence-corrected chi connectivity index (χ0v) is 14.2. The average molecular weight is 338 g/mol. The fraction of sp³-hybridized carbons (Fsp3) is 0.571. The molecule has 3 rings (SSSR count). The van der Waals surface area contributed by atoms with E-state index in [2.05, 4.69) is 15.1 Å². The second kappa shape index (κ2) is 6.78. The number of likely N-dealkylation sites (tertiary alicyclic amines) is 1. The lowest BCUT2D eigenvalue weighted by Gasteiger charge is -2.31. The summed E-state index contributed by atoms with van der Waals surface area (Å²) in [7, 11) is 0. The first-order valence-corrected chi connectivity index (χ1v) is 9.11. The number of aromatic nitrogens is 3. The van der Waals surface area contributed by atoms with Crippen LogP contribution in [0.4, 0.5) is 0 Å². The predicted molar refractivity (Wildman–Crippen MR) is 85.2 cm³/mol. The molecule has 0 aromatic carbocycles. The van der Waals surface area contributed by atoms with Gasteiger partial charge in [0, 0.05) is 37.0 Å². The van der Waals surface area contributed by atoms with Crippen LogP contribution in [0.3, 0.4) is 0 Å². The summed E-state index contributed by atoms with van der Waals surface area (Å²) in [5.74, 6) is 2.07. The maximum atomic E-state index is 12.4. The molecule has 2 aromatic rings. The Morgan fingerprint density at radius 3 is 3.05 bits per heavy atom. The first-order chi connectivity index (χ1) is 10.6. The lowest BCUT2D eigenvalue weighted by molar-refractivity contribution is -0.129. The topological polar surface area (TPSA) is 72.1 Å². The number of piperidine rings is 1. The van der Waals surface area contributed by atoms with E-state index in [1.165, 1.54) is 11.8 Å². The lowest BCUT2D eigenvalue weighted by Crippen LogP contribution is -2.40. The van der Waals surface area contributed by atoms with Crippen molar-refractivity contribution < 1.29 is 9.32 Å². The van der Waals surface area contributed by atoms with Crippen LogP contribution in [-0.2, 0) is 4.79 Å². The number of aryl methyl sites for hydroxylation is 2. The molecule has 1 fully saturated rings. The molecule has 22 heavy (non-hydrogen) atoms. The predicted octanol–water partition coefficient (Wildman–Crippen LogP) is 2.64. The van der Waals surface area contributed by atoms with Gasteiger partial charge in [0.05, 0.1) is 5.75 Å². The normalized spacial score (nSPS) is 18.6. The van der Waals surface area contributed by atoms with Gasteiger partial charge in [0.1, 0.15) is 0 Å². The summed E-state index contributed by atoms with van der Waals surface area (Å²) in [6.07, 6.45) is 1.98. The number of carbonyl (C=O) groups excluding carboxylic acids is 1. The minimum Gasteiger partial charge on any atom is -0.341 e. The fourth-order valence-corrected chi connectivity index (χ4v) is 4.26. The Morgan fingerprint density at radius 2 is 2.36 bits per heavy atom. The summed E-state index contributed by atoms with van der Waals surface area (Å²) in [5.41, 5.74) is 1.01. The molecule has 2 aromatic heterocycles. The standard InChI is InChI=1S/C14H18N4O2S2/c1-9-7-21-14(15-9)22-8-12(19)18-5-3-4-11(6-18)13-16-10(2)20-17-13/h7,11H,3-6,8H2,1-2H3/t11-/m0/s1. The molecular weight excluding hydrogens is 320 g/mol. The van der Waals surface area contributed by atoms with Crippen molar-refractivity contribution in [3.05, 3.63) is 22.8 Å². The van der Waals surface area contributed by atoms with Gasteiger partial charge in [-0.05, 0) is 19.8 Å². The number of thiazole rings is 1. The van der Waals surface area contributed by atoms with Gasteiger partial charge in [0.15, 0.2) is 10.2 Å². The molecule has 0 saturated carbocycles. The van der Waals surface area contributed by atoms with Gasteiger partial charge in [-0.1, -0.05) is 16.9 Å². The van der Waals surface area contributed by atoms with Gasteiger partial charge in [0.2, 0.25) is 11.8 Å². The summed E-state index contributed by atoms with van der Waals surface area (Å²) in [6.45, 7) is 5.23. The molecule has 118 valence electrons. The van der Waals surface area contributed by atoms with E-state index in [-0.39, 0.29) is 11.8 Å². The van der Waals surface area contributed by atoms with Crippen molar-refractivity contribution in [1.82, 2.24) is 20.0 Å². The summed E-state index contributed by atoms with van der Waals surface area (Å²) in [6, 6.07) is 0. The van der Waals surface area contributed by atoms with Crippen LogP contribution in [-0.4, -0.2) is 44.8 Å². The number of nitrogens with zero attached hydrogens (tertiary/aromatic N) is 4. The SMILES string of the molecule is Cc1csc(SCC(=O)N2CCC[C@H](c3noc(C)n3)C2)n1. The van der Waals surface area contributed by atoms with Crippen LogP contribution in [0.15, 0.2) is 14.2 Å². The van der Waals surface area contributed by atoms with Crippen molar-refractivity contribution >= 4 is 29.0 Å². The Balaban J connectivity index is 1.55. The van der Waals surface area contributed by atoms with E-state index in [9.17, 15) is 4.79 Å². The third-order valence-electron chi connectivity index (χ3n) is 3.60. The summed E-state index contributed by atoms with van der Waals surface area (Å²) in [4.78, 5) is 23.0. The minimum atomic E-state index is 0.155. The van der Waals surface area contributed by atoms with Crippen molar-refractivity contribution in [2.75, 3.05) is 18.8 Å². The number of hydrogen-bond acceptors (Lipinski definition) is 7. The van der Waals surface area contributed by atoms with Crippen molar-refractivity contribution in [3.63, 3.8) is 0 Å². The monoisotopic (exact) mass is 338 g/mol. The van der Waals surface area contributed by atoms with Crippen LogP contribution in [0.1, 0.15) is 36.2 Å². The smallest absolute Gasteiger partial charge is 0.233 e. The molecule has 1 amide bonds. The largest absolute Gasteiger partial charge is 0.341 e. The van der Waals surface area contributed by atoms with E-state index in [4.69, 9.17) is 4.52 Å². The maximum absolute atomic E-state index is 12.4. The number of amides is 1. The Bertz CT molecular complexity index is 655. The average Bonchev–Trinajstić information content (AvgIpc) is 3.13. The molecule has 1 saturated heterocycles. The molecule has 0 unspecified atom stereocenters. The van der Waals surface area contributed by atoms with Crippen LogP contribution < -0.4 is 0 Å². The molecule has 6 nitrogen and oxygen atoms in total. The highest BCUT2D eigenvalue weighted by Gasteiger charge is 2.27. The van der Waals surface area contributed by atoms with Crippen molar-refractivity contribution in [2.24, 2.45) is 0 Å². The van der Waals surface area contributed by atoms with Crippen LogP contribution in [0, 0.1) is 13.8 Å². The maximum Gasteiger partial charge on any atom is 0.233 e. The Kier molecular flexibility index (Phi) is 4.77. The molecular formula is C14H18N4O2S2. The van der Waals surface area contributed by atoms with Crippen molar-refractivity contribution in [3.8, 4) is 0 Å². The zero-order chi connectivity index (χ0) is 15.5. The summed E-state index contributed by atoms with van der Waals surface area (Å²) in [5, 5.41) is 5.99. The second-order valence-electron chi connectivity index (χ2n) is 5.39. The lowest BCUT2D eigenvalue weighted by atomic mass is 9.97. The Labute approximate surface area is 137 Å². The Hall–Kier alpha value is -1.41. The molecule has 0 radical (unpaired) electrons. The molecule has 1 atom stereocenters. The molecule has 8 heteroatoms. The molecule has 0 aliphatic carbocycles. The van der Waals surface area contributed by atoms with Crippen LogP contribution >= 0.6 is 23.1 Å². The number of hydrogen-bond donors (Lipinski definition) is 0. The van der Waals surface area contributed by atoms with Gasteiger partial charge in [-0.3, -0.25) is 4.79 Å². The van der Waals surface area contributed by atoms with Gasteiger partial charge < -0.3 is 9.42 Å². The van der Waals surface area contributed by atoms with Gasteiger partial charge in [-0.25, -0.2) is 4.98 Å². The second-order valence-corrected chi connectivity index (χ2v) is 7.47. The number of thioether (sulfide) groups is 1. The van der Waals surface area contributed by atoms with Crippen LogP contribution in [0.2, 0.25) is 0 Å². The quantitative estimate of drug-likeness (QED) is 0.798. The van der Waals surface area contributed by atoms with Gasteiger partial charge in [0.25, 0.3) is 0 Å². The van der Waals surface area contributed by atoms with Crippen LogP contribution in [0.25, 0.3) is 0 Å². The van der Waals surface area contributed by atoms with E-state index in [1.807, 2.05) is 17.2 Å². The van der Waals surface area contributed by atoms with Gasteiger partial charge in [-0.15, -0.1) is 11.3 Å². The van der Waals surface area contributed by atoms with E-state index < -0.39 is 0 Å². The molecule has 1 aliphatic rings. The van der Waals surface area contributed by atoms with Gasteiger partial charge in [-0.2, -0.15) is 4.98 Å². The third-order valence-corrected chi connectivity index (χ3v) is 5.72. The Morgan fingerprint density at radius 1 is 1.50 bits per heavy atom.